The number of rotatable bonds is 3. The van der Waals surface area contributed by atoms with Crippen LogP contribution in [-0.2, 0) is 9.84 Å². The summed E-state index contributed by atoms with van der Waals surface area (Å²) in [6.45, 7) is 0. The number of carbonyl (C=O) groups excluding carboxylic acids is 1. The molecule has 1 atom stereocenters. The SMILES string of the molecule is O=C(c1cc(F)c(F)cc1Cl)N(C1CC1)C1CCS(=O)(=O)C1. The Balaban J connectivity index is 1.93. The summed E-state index contributed by atoms with van der Waals surface area (Å²) in [5.74, 6) is -2.85. The highest BCUT2D eigenvalue weighted by atomic mass is 35.5. The largest absolute Gasteiger partial charge is 0.332 e. The van der Waals surface area contributed by atoms with Crippen molar-refractivity contribution >= 4 is 27.3 Å². The van der Waals surface area contributed by atoms with Crippen molar-refractivity contribution in [1.29, 1.82) is 0 Å². The minimum Gasteiger partial charge on any atom is -0.332 e. The van der Waals surface area contributed by atoms with E-state index in [0.717, 1.165) is 25.0 Å². The summed E-state index contributed by atoms with van der Waals surface area (Å²) in [7, 11) is -3.15. The van der Waals surface area contributed by atoms with E-state index in [1.54, 1.807) is 0 Å². The third-order valence-corrected chi connectivity index (χ3v) is 6.08. The first-order valence-corrected chi connectivity index (χ1v) is 9.16. The summed E-state index contributed by atoms with van der Waals surface area (Å²) >= 11 is 5.86. The van der Waals surface area contributed by atoms with Crippen LogP contribution in [0.3, 0.4) is 0 Å². The van der Waals surface area contributed by atoms with Crippen molar-refractivity contribution in [3.8, 4) is 0 Å². The number of benzene rings is 1. The van der Waals surface area contributed by atoms with Gasteiger partial charge in [-0.2, -0.15) is 0 Å². The van der Waals surface area contributed by atoms with Crippen LogP contribution < -0.4 is 0 Å². The van der Waals surface area contributed by atoms with Crippen molar-refractivity contribution < 1.29 is 22.0 Å². The molecule has 1 aliphatic carbocycles. The predicted octanol–water partition coefficient (Wildman–Crippen LogP) is 2.41. The van der Waals surface area contributed by atoms with Crippen LogP contribution in [0.4, 0.5) is 8.78 Å². The third-order valence-electron chi connectivity index (χ3n) is 4.02. The molecule has 1 heterocycles. The van der Waals surface area contributed by atoms with Gasteiger partial charge in [0.25, 0.3) is 5.91 Å². The van der Waals surface area contributed by atoms with Gasteiger partial charge in [0, 0.05) is 12.1 Å². The fraction of sp³-hybridized carbons (Fsp3) is 0.500. The molecule has 22 heavy (non-hydrogen) atoms. The average Bonchev–Trinajstić information content (AvgIpc) is 3.18. The van der Waals surface area contributed by atoms with Crippen molar-refractivity contribution in [3.05, 3.63) is 34.4 Å². The van der Waals surface area contributed by atoms with Crippen LogP contribution in [0.1, 0.15) is 29.6 Å². The van der Waals surface area contributed by atoms with Gasteiger partial charge in [-0.25, -0.2) is 17.2 Å². The smallest absolute Gasteiger partial charge is 0.256 e. The monoisotopic (exact) mass is 349 g/mol. The Hall–Kier alpha value is -1.21. The molecule has 120 valence electrons. The van der Waals surface area contributed by atoms with E-state index < -0.39 is 33.4 Å². The first-order chi connectivity index (χ1) is 10.3. The highest BCUT2D eigenvalue weighted by molar-refractivity contribution is 7.91. The lowest BCUT2D eigenvalue weighted by Crippen LogP contribution is -2.43. The van der Waals surface area contributed by atoms with Gasteiger partial charge in [0.1, 0.15) is 0 Å². The number of hydrogen-bond donors (Lipinski definition) is 0. The van der Waals surface area contributed by atoms with E-state index in [-0.39, 0.29) is 28.1 Å². The van der Waals surface area contributed by atoms with Gasteiger partial charge in [0.2, 0.25) is 0 Å². The fourth-order valence-corrected chi connectivity index (χ4v) is 4.75. The second-order valence-corrected chi connectivity index (χ2v) is 8.38. The third kappa shape index (κ3) is 2.96. The lowest BCUT2D eigenvalue weighted by Gasteiger charge is -2.28. The standard InChI is InChI=1S/C14H14ClF2NO3S/c15-11-6-13(17)12(16)5-10(11)14(19)18(8-1-2-8)9-3-4-22(20,21)7-9/h5-6,8-9H,1-4,7H2. The summed E-state index contributed by atoms with van der Waals surface area (Å²) in [4.78, 5) is 14.2. The van der Waals surface area contributed by atoms with E-state index in [1.165, 1.54) is 4.90 Å². The zero-order valence-electron chi connectivity index (χ0n) is 11.6. The number of sulfone groups is 1. The van der Waals surface area contributed by atoms with Crippen molar-refractivity contribution in [2.24, 2.45) is 0 Å². The quantitative estimate of drug-likeness (QED) is 0.787. The molecule has 4 nitrogen and oxygen atoms in total. The van der Waals surface area contributed by atoms with Crippen LogP contribution in [0.15, 0.2) is 12.1 Å². The molecule has 1 unspecified atom stereocenters. The maximum atomic E-state index is 13.4. The minimum absolute atomic E-state index is 0.0413. The Bertz CT molecular complexity index is 734. The molecule has 1 aromatic carbocycles. The molecule has 0 aromatic heterocycles. The Morgan fingerprint density at radius 1 is 1.14 bits per heavy atom. The number of hydrogen-bond acceptors (Lipinski definition) is 3. The lowest BCUT2D eigenvalue weighted by atomic mass is 10.1. The van der Waals surface area contributed by atoms with Gasteiger partial charge in [-0.1, -0.05) is 11.6 Å². The molecule has 1 aliphatic heterocycles. The van der Waals surface area contributed by atoms with Crippen LogP contribution in [0, 0.1) is 11.6 Å². The molecule has 1 amide bonds. The van der Waals surface area contributed by atoms with Crippen molar-refractivity contribution in [3.63, 3.8) is 0 Å². The van der Waals surface area contributed by atoms with Gasteiger partial charge >= 0.3 is 0 Å². The maximum Gasteiger partial charge on any atom is 0.256 e. The Kier molecular flexibility index (Phi) is 3.89. The van der Waals surface area contributed by atoms with Crippen molar-refractivity contribution in [2.75, 3.05) is 11.5 Å². The zero-order chi connectivity index (χ0) is 16.1. The summed E-state index contributed by atoms with van der Waals surface area (Å²) in [6, 6.07) is 1.07. The first kappa shape index (κ1) is 15.7. The van der Waals surface area contributed by atoms with Gasteiger partial charge in [-0.3, -0.25) is 4.79 Å². The lowest BCUT2D eigenvalue weighted by molar-refractivity contribution is 0.0680. The molecule has 3 rings (SSSR count). The van der Waals surface area contributed by atoms with E-state index in [0.29, 0.717) is 6.42 Å². The van der Waals surface area contributed by atoms with Gasteiger partial charge in [0.05, 0.1) is 22.1 Å². The van der Waals surface area contributed by atoms with Crippen LogP contribution in [0.25, 0.3) is 0 Å². The van der Waals surface area contributed by atoms with Gasteiger partial charge < -0.3 is 4.90 Å². The van der Waals surface area contributed by atoms with E-state index in [4.69, 9.17) is 11.6 Å². The second-order valence-electron chi connectivity index (χ2n) is 5.75. The molecule has 2 fully saturated rings. The fourth-order valence-electron chi connectivity index (χ4n) is 2.80. The van der Waals surface area contributed by atoms with Crippen LogP contribution in [-0.4, -0.2) is 42.8 Å². The van der Waals surface area contributed by atoms with E-state index >= 15 is 0 Å². The Morgan fingerprint density at radius 3 is 2.32 bits per heavy atom. The maximum absolute atomic E-state index is 13.4. The first-order valence-electron chi connectivity index (χ1n) is 6.96. The topological polar surface area (TPSA) is 54.5 Å². The van der Waals surface area contributed by atoms with Crippen LogP contribution in [0.5, 0.6) is 0 Å². The van der Waals surface area contributed by atoms with Gasteiger partial charge in [-0.05, 0) is 31.4 Å². The zero-order valence-corrected chi connectivity index (χ0v) is 13.1. The average molecular weight is 350 g/mol. The molecule has 1 saturated carbocycles. The van der Waals surface area contributed by atoms with E-state index in [2.05, 4.69) is 0 Å². The molecular formula is C14H14ClF2NO3S. The van der Waals surface area contributed by atoms with Gasteiger partial charge in [-0.15, -0.1) is 0 Å². The molecule has 0 N–H and O–H groups in total. The minimum atomic E-state index is -3.15. The number of carbonyl (C=O) groups is 1. The number of nitrogens with zero attached hydrogens (tertiary/aromatic N) is 1. The highest BCUT2D eigenvalue weighted by Crippen LogP contribution is 2.34. The van der Waals surface area contributed by atoms with Crippen molar-refractivity contribution in [1.82, 2.24) is 4.90 Å². The molecule has 1 aromatic rings. The van der Waals surface area contributed by atoms with E-state index in [1.807, 2.05) is 0 Å². The summed E-state index contributed by atoms with van der Waals surface area (Å²) in [6.07, 6.45) is 1.93. The Labute approximate surface area is 132 Å². The summed E-state index contributed by atoms with van der Waals surface area (Å²) in [5.41, 5.74) is -0.128. The molecule has 0 spiro atoms. The number of amides is 1. The van der Waals surface area contributed by atoms with Crippen LogP contribution >= 0.6 is 11.6 Å². The molecule has 0 bridgehead atoms. The van der Waals surface area contributed by atoms with E-state index in [9.17, 15) is 22.0 Å². The summed E-state index contributed by atoms with van der Waals surface area (Å²) in [5, 5.41) is -0.171. The van der Waals surface area contributed by atoms with Crippen LogP contribution in [0.2, 0.25) is 5.02 Å². The highest BCUT2D eigenvalue weighted by Gasteiger charge is 2.42. The summed E-state index contributed by atoms with van der Waals surface area (Å²) < 4.78 is 49.8. The molecule has 8 heteroatoms. The molecule has 1 saturated heterocycles. The van der Waals surface area contributed by atoms with Crippen molar-refractivity contribution in [2.45, 2.75) is 31.3 Å². The Morgan fingerprint density at radius 2 is 1.77 bits per heavy atom. The second kappa shape index (κ2) is 5.45. The number of halogens is 3. The predicted molar refractivity (Wildman–Crippen MR) is 77.6 cm³/mol. The molecule has 0 radical (unpaired) electrons. The normalized spacial score (nSPS) is 23.5. The molecule has 2 aliphatic rings. The van der Waals surface area contributed by atoms with Gasteiger partial charge in [0.15, 0.2) is 21.5 Å². The molecular weight excluding hydrogens is 336 g/mol.